The van der Waals surface area contributed by atoms with Gasteiger partial charge in [-0.05, 0) is 19.2 Å². The molecule has 0 N–H and O–H groups in total. The third-order valence-corrected chi connectivity index (χ3v) is 8.07. The van der Waals surface area contributed by atoms with E-state index in [1.54, 1.807) is 24.5 Å². The normalized spacial score (nSPS) is 20.4. The van der Waals surface area contributed by atoms with Gasteiger partial charge in [0.15, 0.2) is 11.5 Å². The van der Waals surface area contributed by atoms with Crippen LogP contribution in [0.2, 0.25) is 0 Å². The fourth-order valence-electron chi connectivity index (χ4n) is 4.21. The molecule has 32 heavy (non-hydrogen) atoms. The lowest BCUT2D eigenvalue weighted by Gasteiger charge is -2.36. The fraction of sp³-hybridized carbons (Fsp3) is 0.524. The SMILES string of the molecule is CN1CCN(c2cc(N3CCN(S(=O)(=O)c4ccc5c(c4)OCCO5)CC3)ncn2)CC1. The van der Waals surface area contributed by atoms with Crippen LogP contribution in [0.5, 0.6) is 11.5 Å². The summed E-state index contributed by atoms with van der Waals surface area (Å²) in [5.41, 5.74) is 0. The molecule has 3 aliphatic heterocycles. The number of aromatic nitrogens is 2. The van der Waals surface area contributed by atoms with Crippen molar-refractivity contribution in [2.75, 3.05) is 82.4 Å². The molecule has 4 heterocycles. The summed E-state index contributed by atoms with van der Waals surface area (Å²) < 4.78 is 38.9. The van der Waals surface area contributed by atoms with Crippen LogP contribution in [0.15, 0.2) is 35.5 Å². The molecule has 0 spiro atoms. The number of hydrogen-bond acceptors (Lipinski definition) is 9. The molecule has 0 amide bonds. The first-order valence-corrected chi connectivity index (χ1v) is 12.3. The van der Waals surface area contributed by atoms with Crippen molar-refractivity contribution in [2.45, 2.75) is 4.90 Å². The van der Waals surface area contributed by atoms with Crippen molar-refractivity contribution in [3.8, 4) is 11.5 Å². The third-order valence-electron chi connectivity index (χ3n) is 6.18. The van der Waals surface area contributed by atoms with Crippen molar-refractivity contribution in [3.63, 3.8) is 0 Å². The Morgan fingerprint density at radius 1 is 0.781 bits per heavy atom. The second kappa shape index (κ2) is 8.72. The van der Waals surface area contributed by atoms with Crippen LogP contribution in [0.1, 0.15) is 0 Å². The number of nitrogens with zero attached hydrogens (tertiary/aromatic N) is 6. The number of anilines is 2. The number of hydrogen-bond donors (Lipinski definition) is 0. The number of fused-ring (bicyclic) bond motifs is 1. The summed E-state index contributed by atoms with van der Waals surface area (Å²) in [6.07, 6.45) is 1.60. The lowest BCUT2D eigenvalue weighted by Crippen LogP contribution is -2.49. The predicted molar refractivity (Wildman–Crippen MR) is 120 cm³/mol. The van der Waals surface area contributed by atoms with E-state index in [1.165, 1.54) is 4.31 Å². The molecule has 11 heteroatoms. The van der Waals surface area contributed by atoms with Crippen molar-refractivity contribution < 1.29 is 17.9 Å². The smallest absolute Gasteiger partial charge is 0.243 e. The zero-order chi connectivity index (χ0) is 22.1. The molecule has 0 unspecified atom stereocenters. The standard InChI is InChI=1S/C21H28N6O4S/c1-24-4-6-25(7-5-24)20-15-21(23-16-22-20)26-8-10-27(11-9-26)32(28,29)17-2-3-18-19(14-17)31-13-12-30-18/h2-3,14-16H,4-13H2,1H3. The maximum atomic E-state index is 13.2. The zero-order valence-electron chi connectivity index (χ0n) is 18.2. The van der Waals surface area contributed by atoms with Gasteiger partial charge in [0.05, 0.1) is 4.90 Å². The average Bonchev–Trinajstić information content (AvgIpc) is 2.84. The van der Waals surface area contributed by atoms with Crippen LogP contribution in [0, 0.1) is 0 Å². The molecule has 0 atom stereocenters. The molecule has 0 aliphatic carbocycles. The topological polar surface area (TPSA) is 91.3 Å². The van der Waals surface area contributed by atoms with Gasteiger partial charge in [0.2, 0.25) is 10.0 Å². The summed E-state index contributed by atoms with van der Waals surface area (Å²) in [6, 6.07) is 6.82. The van der Waals surface area contributed by atoms with E-state index < -0.39 is 10.0 Å². The summed E-state index contributed by atoms with van der Waals surface area (Å²) in [7, 11) is -1.48. The van der Waals surface area contributed by atoms with E-state index in [0.717, 1.165) is 37.8 Å². The van der Waals surface area contributed by atoms with Crippen LogP contribution >= 0.6 is 0 Å². The Labute approximate surface area is 188 Å². The molecular weight excluding hydrogens is 432 g/mol. The number of ether oxygens (including phenoxy) is 2. The minimum atomic E-state index is -3.61. The lowest BCUT2D eigenvalue weighted by atomic mass is 10.3. The first kappa shape index (κ1) is 21.2. The van der Waals surface area contributed by atoms with Gasteiger partial charge in [0.1, 0.15) is 31.2 Å². The summed E-state index contributed by atoms with van der Waals surface area (Å²) in [6.45, 7) is 6.72. The van der Waals surface area contributed by atoms with Crippen LogP contribution in [-0.2, 0) is 10.0 Å². The number of rotatable bonds is 4. The first-order chi connectivity index (χ1) is 15.5. The predicted octanol–water partition coefficient (Wildman–Crippen LogP) is 0.511. The molecule has 5 rings (SSSR count). The number of piperazine rings is 2. The molecule has 2 saturated heterocycles. The molecule has 0 radical (unpaired) electrons. The zero-order valence-corrected chi connectivity index (χ0v) is 19.0. The summed E-state index contributed by atoms with van der Waals surface area (Å²) >= 11 is 0. The monoisotopic (exact) mass is 460 g/mol. The summed E-state index contributed by atoms with van der Waals surface area (Å²) in [5.74, 6) is 2.83. The Morgan fingerprint density at radius 2 is 1.38 bits per heavy atom. The van der Waals surface area contributed by atoms with Gasteiger partial charge in [-0.25, -0.2) is 18.4 Å². The van der Waals surface area contributed by atoms with Gasteiger partial charge in [0, 0.05) is 64.5 Å². The molecule has 172 valence electrons. The second-order valence-corrected chi connectivity index (χ2v) is 10.2. The highest BCUT2D eigenvalue weighted by Gasteiger charge is 2.30. The molecule has 2 aromatic rings. The van der Waals surface area contributed by atoms with Gasteiger partial charge in [-0.1, -0.05) is 0 Å². The van der Waals surface area contributed by atoms with Gasteiger partial charge in [-0.2, -0.15) is 4.31 Å². The van der Waals surface area contributed by atoms with Gasteiger partial charge in [-0.3, -0.25) is 0 Å². The van der Waals surface area contributed by atoms with Crippen molar-refractivity contribution >= 4 is 21.7 Å². The average molecular weight is 461 g/mol. The third kappa shape index (κ3) is 4.19. The molecule has 0 saturated carbocycles. The highest BCUT2D eigenvalue weighted by atomic mass is 32.2. The summed E-state index contributed by atoms with van der Waals surface area (Å²) in [4.78, 5) is 15.8. The van der Waals surface area contributed by atoms with Crippen molar-refractivity contribution in [2.24, 2.45) is 0 Å². The number of likely N-dealkylation sites (N-methyl/N-ethyl adjacent to an activating group) is 1. The van der Waals surface area contributed by atoms with Crippen molar-refractivity contribution in [3.05, 3.63) is 30.6 Å². The van der Waals surface area contributed by atoms with Gasteiger partial charge in [-0.15, -0.1) is 0 Å². The second-order valence-electron chi connectivity index (χ2n) is 8.22. The Morgan fingerprint density at radius 3 is 2.03 bits per heavy atom. The van der Waals surface area contributed by atoms with Gasteiger partial charge < -0.3 is 24.2 Å². The van der Waals surface area contributed by atoms with Crippen LogP contribution < -0.4 is 19.3 Å². The minimum absolute atomic E-state index is 0.231. The Kier molecular flexibility index (Phi) is 5.78. The highest BCUT2D eigenvalue weighted by Crippen LogP contribution is 2.33. The Balaban J connectivity index is 1.26. The molecule has 1 aromatic heterocycles. The number of benzene rings is 1. The van der Waals surface area contributed by atoms with E-state index in [9.17, 15) is 8.42 Å². The molecule has 3 aliphatic rings. The maximum Gasteiger partial charge on any atom is 0.243 e. The van der Waals surface area contributed by atoms with Crippen LogP contribution in [0.3, 0.4) is 0 Å². The highest BCUT2D eigenvalue weighted by molar-refractivity contribution is 7.89. The molecule has 1 aromatic carbocycles. The first-order valence-electron chi connectivity index (χ1n) is 10.9. The van der Waals surface area contributed by atoms with E-state index in [2.05, 4.69) is 31.7 Å². The van der Waals surface area contributed by atoms with E-state index in [4.69, 9.17) is 9.47 Å². The maximum absolute atomic E-state index is 13.2. The van der Waals surface area contributed by atoms with E-state index in [0.29, 0.717) is 50.9 Å². The van der Waals surface area contributed by atoms with Crippen LogP contribution in [-0.4, -0.2) is 100 Å². The van der Waals surface area contributed by atoms with Gasteiger partial charge >= 0.3 is 0 Å². The van der Waals surface area contributed by atoms with E-state index >= 15 is 0 Å². The summed E-state index contributed by atoms with van der Waals surface area (Å²) in [5, 5.41) is 0. The molecular formula is C21H28N6O4S. The fourth-order valence-corrected chi connectivity index (χ4v) is 5.65. The van der Waals surface area contributed by atoms with Crippen molar-refractivity contribution in [1.82, 2.24) is 19.2 Å². The van der Waals surface area contributed by atoms with E-state index in [1.807, 2.05) is 6.07 Å². The molecule has 10 nitrogen and oxygen atoms in total. The Hall–Kier alpha value is -2.63. The lowest BCUT2D eigenvalue weighted by molar-refractivity contribution is 0.171. The molecule has 0 bridgehead atoms. The van der Waals surface area contributed by atoms with Gasteiger partial charge in [0.25, 0.3) is 0 Å². The van der Waals surface area contributed by atoms with Crippen LogP contribution in [0.25, 0.3) is 0 Å². The van der Waals surface area contributed by atoms with Crippen molar-refractivity contribution in [1.29, 1.82) is 0 Å². The quantitative estimate of drug-likeness (QED) is 0.647. The molecule has 2 fully saturated rings. The minimum Gasteiger partial charge on any atom is -0.486 e. The Bertz CT molecular complexity index is 1070. The number of sulfonamides is 1. The largest absolute Gasteiger partial charge is 0.486 e. The van der Waals surface area contributed by atoms with Crippen LogP contribution in [0.4, 0.5) is 11.6 Å². The van der Waals surface area contributed by atoms with E-state index in [-0.39, 0.29) is 4.90 Å².